The predicted molar refractivity (Wildman–Crippen MR) is 122 cm³/mol. The number of carbonyl (C=O) groups excluding carboxylic acids is 1. The molecule has 1 N–H and O–H groups in total. The molecule has 0 spiro atoms. The van der Waals surface area contributed by atoms with Crippen molar-refractivity contribution >= 4 is 22.5 Å². The molecule has 0 unspecified atom stereocenters. The zero-order valence-electron chi connectivity index (χ0n) is 17.1. The Morgan fingerprint density at radius 3 is 2.61 bits per heavy atom. The van der Waals surface area contributed by atoms with Crippen molar-refractivity contribution in [3.63, 3.8) is 0 Å². The summed E-state index contributed by atoms with van der Waals surface area (Å²) in [6, 6.07) is 19.7. The minimum Gasteiger partial charge on any atom is -0.350 e. The van der Waals surface area contributed by atoms with E-state index in [0.717, 1.165) is 34.0 Å². The average molecular weight is 407 g/mol. The molecule has 31 heavy (non-hydrogen) atoms. The van der Waals surface area contributed by atoms with Gasteiger partial charge in [-0.1, -0.05) is 24.3 Å². The van der Waals surface area contributed by atoms with Gasteiger partial charge in [0.05, 0.1) is 6.20 Å². The minimum atomic E-state index is -0.176. The van der Waals surface area contributed by atoms with Crippen LogP contribution in [0.2, 0.25) is 0 Å². The van der Waals surface area contributed by atoms with Gasteiger partial charge in [-0.25, -0.2) is 4.98 Å². The lowest BCUT2D eigenvalue weighted by molar-refractivity contribution is 0.102. The molecule has 0 bridgehead atoms. The number of anilines is 1. The maximum absolute atomic E-state index is 12.8. The number of pyridine rings is 1. The molecule has 0 fully saturated rings. The van der Waals surface area contributed by atoms with E-state index in [1.807, 2.05) is 80.4 Å². The first-order chi connectivity index (χ1) is 15.1. The minimum absolute atomic E-state index is 0.176. The van der Waals surface area contributed by atoms with E-state index in [4.69, 9.17) is 0 Å². The first kappa shape index (κ1) is 18.8. The summed E-state index contributed by atoms with van der Waals surface area (Å²) in [5.41, 5.74) is 3.79. The largest absolute Gasteiger partial charge is 0.350 e. The molecular weight excluding hydrogens is 386 g/mol. The van der Waals surface area contributed by atoms with Crippen molar-refractivity contribution in [2.24, 2.45) is 7.05 Å². The maximum atomic E-state index is 12.8. The second-order valence-electron chi connectivity index (χ2n) is 7.54. The molecule has 2 aromatic carbocycles. The first-order valence-electron chi connectivity index (χ1n) is 10.0. The van der Waals surface area contributed by atoms with Crippen LogP contribution in [0.4, 0.5) is 5.82 Å². The Hall–Kier alpha value is -4.19. The fourth-order valence-corrected chi connectivity index (χ4v) is 3.64. The van der Waals surface area contributed by atoms with Crippen molar-refractivity contribution in [2.75, 3.05) is 5.32 Å². The van der Waals surface area contributed by atoms with E-state index >= 15 is 0 Å². The number of aryl methyl sites for hydroxylation is 1. The molecule has 0 aliphatic heterocycles. The highest BCUT2D eigenvalue weighted by atomic mass is 16.1. The van der Waals surface area contributed by atoms with Crippen LogP contribution < -0.4 is 5.32 Å². The van der Waals surface area contributed by atoms with Gasteiger partial charge in [0, 0.05) is 54.9 Å². The van der Waals surface area contributed by atoms with Gasteiger partial charge in [0.1, 0.15) is 5.82 Å². The fraction of sp³-hybridized carbons (Fsp3) is 0.0800. The SMILES string of the molecule is Cn1cc(-c2ccc3cnc(NC(=O)c4cccc(Cn5cccc5)c4)cc3c2)cn1. The van der Waals surface area contributed by atoms with Crippen LogP contribution in [0.15, 0.2) is 91.6 Å². The molecular formula is C25H21N5O. The van der Waals surface area contributed by atoms with Gasteiger partial charge in [-0.2, -0.15) is 5.10 Å². The number of carbonyl (C=O) groups is 1. The normalized spacial score (nSPS) is 11.0. The molecule has 6 nitrogen and oxygen atoms in total. The maximum Gasteiger partial charge on any atom is 0.256 e. The van der Waals surface area contributed by atoms with Crippen molar-refractivity contribution in [3.05, 3.63) is 103 Å². The zero-order chi connectivity index (χ0) is 21.2. The Labute approximate surface area is 179 Å². The Bertz CT molecular complexity index is 1370. The number of hydrogen-bond acceptors (Lipinski definition) is 3. The van der Waals surface area contributed by atoms with E-state index in [1.54, 1.807) is 10.9 Å². The van der Waals surface area contributed by atoms with Gasteiger partial charge in [-0.15, -0.1) is 0 Å². The third kappa shape index (κ3) is 4.09. The van der Waals surface area contributed by atoms with Gasteiger partial charge < -0.3 is 9.88 Å². The Morgan fingerprint density at radius 2 is 1.81 bits per heavy atom. The highest BCUT2D eigenvalue weighted by Gasteiger charge is 2.09. The number of hydrogen-bond donors (Lipinski definition) is 1. The molecule has 5 aromatic rings. The predicted octanol–water partition coefficient (Wildman–Crippen LogP) is 4.74. The van der Waals surface area contributed by atoms with E-state index in [1.165, 1.54) is 0 Å². The molecule has 1 amide bonds. The molecule has 0 aliphatic carbocycles. The van der Waals surface area contributed by atoms with E-state index < -0.39 is 0 Å². The van der Waals surface area contributed by atoms with Gasteiger partial charge in [-0.05, 0) is 52.9 Å². The van der Waals surface area contributed by atoms with Crippen molar-refractivity contribution in [1.82, 2.24) is 19.3 Å². The lowest BCUT2D eigenvalue weighted by Gasteiger charge is -2.09. The number of rotatable bonds is 5. The number of nitrogens with one attached hydrogen (secondary N) is 1. The summed E-state index contributed by atoms with van der Waals surface area (Å²) in [6.07, 6.45) is 9.61. The van der Waals surface area contributed by atoms with E-state index in [-0.39, 0.29) is 5.91 Å². The Kier molecular flexibility index (Phi) is 4.80. The van der Waals surface area contributed by atoms with Gasteiger partial charge in [-0.3, -0.25) is 9.48 Å². The third-order valence-corrected chi connectivity index (χ3v) is 5.22. The Balaban J connectivity index is 1.37. The lowest BCUT2D eigenvalue weighted by atomic mass is 10.0. The summed E-state index contributed by atoms with van der Waals surface area (Å²) in [4.78, 5) is 17.2. The van der Waals surface area contributed by atoms with Crippen LogP contribution in [0.1, 0.15) is 15.9 Å². The highest BCUT2D eigenvalue weighted by molar-refractivity contribution is 6.04. The van der Waals surface area contributed by atoms with Crippen LogP contribution in [-0.2, 0) is 13.6 Å². The van der Waals surface area contributed by atoms with Crippen LogP contribution in [-0.4, -0.2) is 25.2 Å². The van der Waals surface area contributed by atoms with Crippen LogP contribution in [0, 0.1) is 0 Å². The summed E-state index contributed by atoms with van der Waals surface area (Å²) in [5, 5.41) is 9.19. The fourth-order valence-electron chi connectivity index (χ4n) is 3.64. The molecule has 3 aromatic heterocycles. The number of amides is 1. The Morgan fingerprint density at radius 1 is 0.935 bits per heavy atom. The van der Waals surface area contributed by atoms with E-state index in [2.05, 4.69) is 32.1 Å². The van der Waals surface area contributed by atoms with Crippen molar-refractivity contribution < 1.29 is 4.79 Å². The van der Waals surface area contributed by atoms with Crippen LogP contribution >= 0.6 is 0 Å². The lowest BCUT2D eigenvalue weighted by Crippen LogP contribution is -2.13. The van der Waals surface area contributed by atoms with Crippen molar-refractivity contribution in [2.45, 2.75) is 6.54 Å². The summed E-state index contributed by atoms with van der Waals surface area (Å²) in [7, 11) is 1.90. The van der Waals surface area contributed by atoms with Crippen LogP contribution in [0.25, 0.3) is 21.9 Å². The van der Waals surface area contributed by atoms with Gasteiger partial charge in [0.15, 0.2) is 0 Å². The molecule has 0 saturated carbocycles. The second-order valence-corrected chi connectivity index (χ2v) is 7.54. The molecule has 0 saturated heterocycles. The smallest absolute Gasteiger partial charge is 0.256 e. The van der Waals surface area contributed by atoms with Gasteiger partial charge >= 0.3 is 0 Å². The molecule has 5 rings (SSSR count). The standard InChI is InChI=1S/C25H21N5O/c1-29-17-23(15-27-29)19-7-8-21-14-26-24(13-22(21)12-19)28-25(31)20-6-4-5-18(11-20)16-30-9-2-3-10-30/h2-15,17H,16H2,1H3,(H,26,28,31). The summed E-state index contributed by atoms with van der Waals surface area (Å²) >= 11 is 0. The van der Waals surface area contributed by atoms with Gasteiger partial charge in [0.2, 0.25) is 0 Å². The van der Waals surface area contributed by atoms with Crippen molar-refractivity contribution in [3.8, 4) is 11.1 Å². The highest BCUT2D eigenvalue weighted by Crippen LogP contribution is 2.25. The molecule has 152 valence electrons. The van der Waals surface area contributed by atoms with Crippen LogP contribution in [0.5, 0.6) is 0 Å². The second kappa shape index (κ2) is 7.91. The summed E-state index contributed by atoms with van der Waals surface area (Å²) in [6.45, 7) is 0.722. The molecule has 3 heterocycles. The number of aromatic nitrogens is 4. The number of nitrogens with zero attached hydrogens (tertiary/aromatic N) is 4. The van der Waals surface area contributed by atoms with E-state index in [9.17, 15) is 4.79 Å². The van der Waals surface area contributed by atoms with Gasteiger partial charge in [0.25, 0.3) is 5.91 Å². The first-order valence-corrected chi connectivity index (χ1v) is 10.0. The molecule has 0 aliphatic rings. The topological polar surface area (TPSA) is 64.7 Å². The van der Waals surface area contributed by atoms with Crippen LogP contribution in [0.3, 0.4) is 0 Å². The zero-order valence-corrected chi connectivity index (χ0v) is 17.1. The average Bonchev–Trinajstić information content (AvgIpc) is 3.45. The van der Waals surface area contributed by atoms with Crippen molar-refractivity contribution in [1.29, 1.82) is 0 Å². The number of benzene rings is 2. The molecule has 0 radical (unpaired) electrons. The molecule has 0 atom stereocenters. The monoisotopic (exact) mass is 407 g/mol. The summed E-state index contributed by atoms with van der Waals surface area (Å²) in [5.74, 6) is 0.348. The third-order valence-electron chi connectivity index (χ3n) is 5.22. The van der Waals surface area contributed by atoms with E-state index in [0.29, 0.717) is 11.4 Å². The summed E-state index contributed by atoms with van der Waals surface area (Å²) < 4.78 is 3.85. The quantitative estimate of drug-likeness (QED) is 0.458. The molecule has 6 heteroatoms. The number of fused-ring (bicyclic) bond motifs is 1.